The Morgan fingerprint density at radius 2 is 2.08 bits per heavy atom. The molecule has 0 aliphatic heterocycles. The Kier molecular flexibility index (Phi) is 7.10. The molecule has 1 aromatic carbocycles. The van der Waals surface area contributed by atoms with E-state index in [2.05, 4.69) is 11.9 Å². The van der Waals surface area contributed by atoms with Gasteiger partial charge in [-0.25, -0.2) is 4.79 Å². The van der Waals surface area contributed by atoms with E-state index in [1.54, 1.807) is 36.0 Å². The third-order valence-corrected chi connectivity index (χ3v) is 4.08. The Hall–Kier alpha value is -2.73. The molecule has 0 spiro atoms. The summed E-state index contributed by atoms with van der Waals surface area (Å²) in [5.74, 6) is 1.02. The lowest BCUT2D eigenvalue weighted by atomic mass is 10.3. The number of benzene rings is 1. The topological polar surface area (TPSA) is 68.5 Å². The highest BCUT2D eigenvalue weighted by Crippen LogP contribution is 2.26. The fourth-order valence-electron chi connectivity index (χ4n) is 1.91. The van der Waals surface area contributed by atoms with E-state index < -0.39 is 11.9 Å². The summed E-state index contributed by atoms with van der Waals surface area (Å²) in [4.78, 5) is 24.5. The van der Waals surface area contributed by atoms with Crippen molar-refractivity contribution in [2.45, 2.75) is 11.8 Å². The van der Waals surface area contributed by atoms with Crippen molar-refractivity contribution in [3.05, 3.63) is 66.6 Å². The van der Waals surface area contributed by atoms with Crippen LogP contribution in [-0.2, 0) is 14.3 Å². The molecule has 130 valence electrons. The molecule has 2 rings (SSSR count). The molecule has 0 unspecified atom stereocenters. The van der Waals surface area contributed by atoms with Crippen LogP contribution in [0.1, 0.15) is 11.5 Å². The van der Waals surface area contributed by atoms with Gasteiger partial charge in [0.2, 0.25) is 0 Å². The molecule has 0 saturated heterocycles. The van der Waals surface area contributed by atoms with E-state index in [9.17, 15) is 9.59 Å². The lowest BCUT2D eigenvalue weighted by molar-refractivity contribution is -0.142. The van der Waals surface area contributed by atoms with E-state index in [1.165, 1.54) is 12.2 Å². The third kappa shape index (κ3) is 6.35. The van der Waals surface area contributed by atoms with Gasteiger partial charge in [-0.05, 0) is 37.3 Å². The molecule has 0 aliphatic carbocycles. The molecular weight excluding hydrogens is 338 g/mol. The predicted octanol–water partition coefficient (Wildman–Crippen LogP) is 4.06. The highest BCUT2D eigenvalue weighted by Gasteiger charge is 2.09. The van der Waals surface area contributed by atoms with Crippen LogP contribution in [-0.4, -0.2) is 24.2 Å². The molecule has 5 nitrogen and oxygen atoms in total. The van der Waals surface area contributed by atoms with Gasteiger partial charge in [-0.1, -0.05) is 18.2 Å². The van der Waals surface area contributed by atoms with E-state index >= 15 is 0 Å². The fourth-order valence-corrected chi connectivity index (χ4v) is 2.66. The van der Waals surface area contributed by atoms with Gasteiger partial charge in [0.05, 0.1) is 5.69 Å². The number of ether oxygens (including phenoxy) is 1. The number of carbonyl (C=O) groups excluding carboxylic acids is 2. The first kappa shape index (κ1) is 18.6. The largest absolute Gasteiger partial charge is 0.462 e. The second-order valence-electron chi connectivity index (χ2n) is 5.03. The summed E-state index contributed by atoms with van der Waals surface area (Å²) in [7, 11) is 0. The minimum absolute atomic E-state index is 0.360. The zero-order valence-electron chi connectivity index (χ0n) is 13.9. The van der Waals surface area contributed by atoms with Crippen molar-refractivity contribution in [2.75, 3.05) is 17.7 Å². The zero-order chi connectivity index (χ0) is 18.1. The summed E-state index contributed by atoms with van der Waals surface area (Å²) in [6.45, 7) is 5.13. The molecular formula is C19H19NO4S. The number of thioether (sulfide) groups is 1. The van der Waals surface area contributed by atoms with Crippen molar-refractivity contribution in [2.24, 2.45) is 0 Å². The molecule has 1 aromatic heterocycles. The van der Waals surface area contributed by atoms with Crippen LogP contribution in [0.15, 0.2) is 64.4 Å². The minimum Gasteiger partial charge on any atom is -0.462 e. The highest BCUT2D eigenvalue weighted by atomic mass is 32.2. The standard InChI is InChI=1S/C19H19NO4S/c1-3-12-25-17-7-5-4-6-16(17)20-18(21)13-23-19(22)11-10-15-9-8-14(2)24-15/h3-11H,1,12-13H2,2H3,(H,20,21)/b11-10+. The quantitative estimate of drug-likeness (QED) is 0.334. The smallest absolute Gasteiger partial charge is 0.331 e. The van der Waals surface area contributed by atoms with Crippen LogP contribution in [0.3, 0.4) is 0 Å². The maximum absolute atomic E-state index is 12.0. The summed E-state index contributed by atoms with van der Waals surface area (Å²) < 4.78 is 10.2. The van der Waals surface area contributed by atoms with Crippen LogP contribution in [0.5, 0.6) is 0 Å². The number of aryl methyl sites for hydroxylation is 1. The number of furan rings is 1. The average molecular weight is 357 g/mol. The van der Waals surface area contributed by atoms with Gasteiger partial charge in [0.25, 0.3) is 5.91 Å². The zero-order valence-corrected chi connectivity index (χ0v) is 14.7. The number of hydrogen-bond acceptors (Lipinski definition) is 5. The Bertz CT molecular complexity index is 779. The van der Waals surface area contributed by atoms with Crippen molar-refractivity contribution in [1.82, 2.24) is 0 Å². The second kappa shape index (κ2) is 9.54. The summed E-state index contributed by atoms with van der Waals surface area (Å²) in [5, 5.41) is 2.74. The molecule has 1 N–H and O–H groups in total. The molecule has 6 heteroatoms. The highest BCUT2D eigenvalue weighted by molar-refractivity contribution is 7.99. The van der Waals surface area contributed by atoms with Gasteiger partial charge in [-0.3, -0.25) is 4.79 Å². The van der Waals surface area contributed by atoms with Gasteiger partial charge in [-0.2, -0.15) is 0 Å². The first-order chi connectivity index (χ1) is 12.1. The van der Waals surface area contributed by atoms with Crippen molar-refractivity contribution < 1.29 is 18.7 Å². The van der Waals surface area contributed by atoms with Crippen LogP contribution < -0.4 is 5.32 Å². The van der Waals surface area contributed by atoms with E-state index in [4.69, 9.17) is 9.15 Å². The predicted molar refractivity (Wildman–Crippen MR) is 99.4 cm³/mol. The summed E-state index contributed by atoms with van der Waals surface area (Å²) in [5.41, 5.74) is 0.678. The fraction of sp³-hybridized carbons (Fsp3) is 0.158. The van der Waals surface area contributed by atoms with Crippen LogP contribution in [0.4, 0.5) is 5.69 Å². The molecule has 0 aliphatic rings. The van der Waals surface area contributed by atoms with Gasteiger partial charge >= 0.3 is 5.97 Å². The third-order valence-electron chi connectivity index (χ3n) is 3.01. The number of para-hydroxylation sites is 1. The first-order valence-electron chi connectivity index (χ1n) is 7.62. The SMILES string of the molecule is C=CCSc1ccccc1NC(=O)COC(=O)/C=C/c1ccc(C)o1. The number of rotatable bonds is 8. The Balaban J connectivity index is 1.83. The van der Waals surface area contributed by atoms with E-state index in [1.807, 2.05) is 25.1 Å². The van der Waals surface area contributed by atoms with Gasteiger partial charge in [-0.15, -0.1) is 18.3 Å². The second-order valence-corrected chi connectivity index (χ2v) is 6.10. The monoisotopic (exact) mass is 357 g/mol. The number of anilines is 1. The van der Waals surface area contributed by atoms with Crippen LogP contribution in [0, 0.1) is 6.92 Å². The maximum atomic E-state index is 12.0. The normalized spacial score (nSPS) is 10.6. The Morgan fingerprint density at radius 3 is 2.80 bits per heavy atom. The van der Waals surface area contributed by atoms with Crippen LogP contribution in [0.25, 0.3) is 6.08 Å². The van der Waals surface area contributed by atoms with Crippen LogP contribution in [0.2, 0.25) is 0 Å². The first-order valence-corrected chi connectivity index (χ1v) is 8.61. The van der Waals surface area contributed by atoms with Gasteiger partial charge < -0.3 is 14.5 Å². The van der Waals surface area contributed by atoms with Crippen molar-refractivity contribution in [3.8, 4) is 0 Å². The van der Waals surface area contributed by atoms with Crippen molar-refractivity contribution in [1.29, 1.82) is 0 Å². The molecule has 1 heterocycles. The summed E-state index contributed by atoms with van der Waals surface area (Å²) >= 11 is 1.56. The maximum Gasteiger partial charge on any atom is 0.331 e. The molecule has 0 radical (unpaired) electrons. The van der Waals surface area contributed by atoms with E-state index in [0.717, 1.165) is 16.4 Å². The lowest BCUT2D eigenvalue weighted by Gasteiger charge is -2.09. The molecule has 2 aromatic rings. The van der Waals surface area contributed by atoms with Gasteiger partial charge in [0, 0.05) is 16.7 Å². The number of hydrogen-bond donors (Lipinski definition) is 1. The minimum atomic E-state index is -0.612. The summed E-state index contributed by atoms with van der Waals surface area (Å²) in [6, 6.07) is 11.0. The number of carbonyl (C=O) groups is 2. The van der Waals surface area contributed by atoms with Gasteiger partial charge in [0.1, 0.15) is 11.5 Å². The van der Waals surface area contributed by atoms with E-state index in [0.29, 0.717) is 11.4 Å². The van der Waals surface area contributed by atoms with E-state index in [-0.39, 0.29) is 6.61 Å². The van der Waals surface area contributed by atoms with Crippen LogP contribution >= 0.6 is 11.8 Å². The van der Waals surface area contributed by atoms with Crippen molar-refractivity contribution in [3.63, 3.8) is 0 Å². The molecule has 0 bridgehead atoms. The Morgan fingerprint density at radius 1 is 1.28 bits per heavy atom. The Labute approximate surface area is 150 Å². The molecule has 1 amide bonds. The molecule has 0 saturated carbocycles. The number of nitrogens with one attached hydrogen (secondary N) is 1. The summed E-state index contributed by atoms with van der Waals surface area (Å²) in [6.07, 6.45) is 4.51. The molecule has 0 atom stereocenters. The number of esters is 1. The number of amides is 1. The molecule has 0 fully saturated rings. The van der Waals surface area contributed by atoms with Gasteiger partial charge in [0.15, 0.2) is 6.61 Å². The average Bonchev–Trinajstić information content (AvgIpc) is 3.03. The molecule has 25 heavy (non-hydrogen) atoms. The lowest BCUT2D eigenvalue weighted by Crippen LogP contribution is -2.20. The van der Waals surface area contributed by atoms with Crippen molar-refractivity contribution >= 4 is 35.4 Å².